The highest BCUT2D eigenvalue weighted by atomic mass is 35.5. The minimum Gasteiger partial charge on any atom is -0.335 e. The lowest BCUT2D eigenvalue weighted by atomic mass is 10.1. The number of rotatable bonds is 5. The maximum Gasteiger partial charge on any atom is 0.269 e. The lowest BCUT2D eigenvalue weighted by Gasteiger charge is -2.24. The predicted octanol–water partition coefficient (Wildman–Crippen LogP) is 4.13. The number of fused-ring (bicyclic) bond motifs is 1. The third-order valence-electron chi connectivity index (χ3n) is 4.40. The molecule has 0 fully saturated rings. The van der Waals surface area contributed by atoms with Crippen LogP contribution in [0.3, 0.4) is 0 Å². The molecule has 0 aliphatic rings. The normalized spacial score (nSPS) is 12.4. The minimum absolute atomic E-state index is 0.00625. The Hall–Kier alpha value is -3.19. The van der Waals surface area contributed by atoms with Crippen LogP contribution in [0, 0.1) is 10.1 Å². The van der Waals surface area contributed by atoms with Gasteiger partial charge in [0.2, 0.25) is 5.91 Å². The lowest BCUT2D eigenvalue weighted by molar-refractivity contribution is -0.384. The zero-order chi connectivity index (χ0) is 19.6. The number of nitrogens with zero attached hydrogens (tertiary/aromatic N) is 4. The van der Waals surface area contributed by atoms with Gasteiger partial charge in [-0.2, -0.15) is 0 Å². The van der Waals surface area contributed by atoms with Gasteiger partial charge in [0.1, 0.15) is 5.65 Å². The van der Waals surface area contributed by atoms with Crippen LogP contribution < -0.4 is 0 Å². The second-order valence-corrected chi connectivity index (χ2v) is 6.39. The van der Waals surface area contributed by atoms with Crippen LogP contribution in [0.15, 0.2) is 54.7 Å². The van der Waals surface area contributed by atoms with E-state index in [1.54, 1.807) is 29.7 Å². The summed E-state index contributed by atoms with van der Waals surface area (Å²) in [5, 5.41) is 11.3. The zero-order valence-electron chi connectivity index (χ0n) is 14.7. The number of aromatic nitrogens is 2. The Bertz CT molecular complexity index is 1040. The van der Waals surface area contributed by atoms with Crippen LogP contribution in [0.25, 0.3) is 11.7 Å². The summed E-state index contributed by atoms with van der Waals surface area (Å²) < 4.78 is 1.79. The van der Waals surface area contributed by atoms with E-state index in [1.807, 2.05) is 31.3 Å². The third-order valence-corrected chi connectivity index (χ3v) is 4.68. The standard InChI is InChI=1S/C19H17ClN4O3/c1-13(14-6-5-7-15(12-14)24(26)27)22(2)18(25)10-9-16-19(20)21-17-8-3-4-11-23(16)17/h3-13H,1-2H3/b10-9+. The molecule has 7 nitrogen and oxygen atoms in total. The average Bonchev–Trinajstić information content (AvgIpc) is 3.00. The molecule has 0 aliphatic heterocycles. The Kier molecular flexibility index (Phi) is 5.23. The van der Waals surface area contributed by atoms with Crippen molar-refractivity contribution in [3.63, 3.8) is 0 Å². The monoisotopic (exact) mass is 384 g/mol. The van der Waals surface area contributed by atoms with Gasteiger partial charge in [0.05, 0.1) is 16.7 Å². The fourth-order valence-corrected chi connectivity index (χ4v) is 2.96. The third kappa shape index (κ3) is 3.83. The van der Waals surface area contributed by atoms with Crippen molar-refractivity contribution in [2.45, 2.75) is 13.0 Å². The molecule has 0 saturated carbocycles. The Balaban J connectivity index is 1.80. The number of carbonyl (C=O) groups excluding carboxylic acids is 1. The molecule has 0 spiro atoms. The van der Waals surface area contributed by atoms with Crippen molar-refractivity contribution in [2.75, 3.05) is 7.05 Å². The molecule has 3 rings (SSSR count). The van der Waals surface area contributed by atoms with E-state index in [9.17, 15) is 14.9 Å². The van der Waals surface area contributed by atoms with Gasteiger partial charge >= 0.3 is 0 Å². The topological polar surface area (TPSA) is 80.8 Å². The molecule has 3 aromatic rings. The smallest absolute Gasteiger partial charge is 0.269 e. The first-order chi connectivity index (χ1) is 12.9. The minimum atomic E-state index is -0.454. The number of pyridine rings is 1. The summed E-state index contributed by atoms with van der Waals surface area (Å²) in [5.41, 5.74) is 1.97. The first-order valence-corrected chi connectivity index (χ1v) is 8.58. The molecule has 2 heterocycles. The first-order valence-electron chi connectivity index (χ1n) is 8.20. The molecule has 0 bridgehead atoms. The molecule has 0 N–H and O–H groups in total. The van der Waals surface area contributed by atoms with Crippen molar-refractivity contribution < 1.29 is 9.72 Å². The molecule has 1 aromatic carbocycles. The van der Waals surface area contributed by atoms with Crippen molar-refractivity contribution >= 4 is 34.9 Å². The van der Waals surface area contributed by atoms with Gasteiger partial charge in [-0.3, -0.25) is 19.3 Å². The number of non-ortho nitro benzene ring substituents is 1. The summed E-state index contributed by atoms with van der Waals surface area (Å²) in [4.78, 5) is 28.8. The number of likely N-dealkylation sites (N-methyl/N-ethyl adjacent to an activating group) is 1. The van der Waals surface area contributed by atoms with Gasteiger partial charge in [-0.15, -0.1) is 0 Å². The number of benzene rings is 1. The molecule has 27 heavy (non-hydrogen) atoms. The van der Waals surface area contributed by atoms with Gasteiger partial charge in [-0.1, -0.05) is 29.8 Å². The maximum atomic E-state index is 12.6. The van der Waals surface area contributed by atoms with E-state index in [1.165, 1.54) is 23.1 Å². The van der Waals surface area contributed by atoms with Crippen molar-refractivity contribution in [1.29, 1.82) is 0 Å². The molecule has 1 unspecified atom stereocenters. The predicted molar refractivity (Wildman–Crippen MR) is 104 cm³/mol. The highest BCUT2D eigenvalue weighted by Crippen LogP contribution is 2.24. The lowest BCUT2D eigenvalue weighted by Crippen LogP contribution is -2.28. The van der Waals surface area contributed by atoms with Crippen molar-refractivity contribution in [3.8, 4) is 0 Å². The summed E-state index contributed by atoms with van der Waals surface area (Å²) in [7, 11) is 1.65. The first kappa shape index (κ1) is 18.6. The number of carbonyl (C=O) groups is 1. The molecule has 0 radical (unpaired) electrons. The highest BCUT2D eigenvalue weighted by Gasteiger charge is 2.18. The molecule has 1 atom stereocenters. The molecular formula is C19H17ClN4O3. The van der Waals surface area contributed by atoms with E-state index in [4.69, 9.17) is 11.6 Å². The summed E-state index contributed by atoms with van der Waals surface area (Å²) in [6.45, 7) is 1.81. The largest absolute Gasteiger partial charge is 0.335 e. The number of amides is 1. The fourth-order valence-electron chi connectivity index (χ4n) is 2.72. The Labute approximate surface area is 160 Å². The van der Waals surface area contributed by atoms with E-state index in [0.717, 1.165) is 0 Å². The van der Waals surface area contributed by atoms with Crippen LogP contribution in [0.2, 0.25) is 5.15 Å². The Morgan fingerprint density at radius 2 is 2.11 bits per heavy atom. The summed E-state index contributed by atoms with van der Waals surface area (Å²) in [6, 6.07) is 11.4. The number of hydrogen-bond donors (Lipinski definition) is 0. The Morgan fingerprint density at radius 3 is 2.85 bits per heavy atom. The van der Waals surface area contributed by atoms with Gasteiger partial charge in [0.25, 0.3) is 5.69 Å². The fraction of sp³-hybridized carbons (Fsp3) is 0.158. The summed E-state index contributed by atoms with van der Waals surface area (Å²) in [5.74, 6) is -0.254. The summed E-state index contributed by atoms with van der Waals surface area (Å²) in [6.07, 6.45) is 4.84. The van der Waals surface area contributed by atoms with Crippen molar-refractivity contribution in [3.05, 3.63) is 81.3 Å². The van der Waals surface area contributed by atoms with E-state index in [0.29, 0.717) is 22.1 Å². The van der Waals surface area contributed by atoms with E-state index in [2.05, 4.69) is 4.98 Å². The van der Waals surface area contributed by atoms with Gasteiger partial charge < -0.3 is 4.90 Å². The number of nitro benzene ring substituents is 1. The maximum absolute atomic E-state index is 12.6. The Morgan fingerprint density at radius 1 is 1.33 bits per heavy atom. The molecule has 0 saturated heterocycles. The SMILES string of the molecule is CC(c1cccc([N+](=O)[O-])c1)N(C)C(=O)/C=C/c1c(Cl)nc2ccccn12. The quantitative estimate of drug-likeness (QED) is 0.376. The number of nitro groups is 1. The molecule has 8 heteroatoms. The zero-order valence-corrected chi connectivity index (χ0v) is 15.5. The molecule has 2 aromatic heterocycles. The molecule has 138 valence electrons. The highest BCUT2D eigenvalue weighted by molar-refractivity contribution is 6.31. The van der Waals surface area contributed by atoms with Gasteiger partial charge in [-0.25, -0.2) is 4.98 Å². The van der Waals surface area contributed by atoms with Crippen LogP contribution in [0.1, 0.15) is 24.2 Å². The van der Waals surface area contributed by atoms with Crippen LogP contribution in [0.4, 0.5) is 5.69 Å². The second-order valence-electron chi connectivity index (χ2n) is 6.03. The number of hydrogen-bond acceptors (Lipinski definition) is 4. The van der Waals surface area contributed by atoms with Crippen LogP contribution in [0.5, 0.6) is 0 Å². The average molecular weight is 385 g/mol. The second kappa shape index (κ2) is 7.59. The van der Waals surface area contributed by atoms with Crippen LogP contribution >= 0.6 is 11.6 Å². The molecule has 1 amide bonds. The summed E-state index contributed by atoms with van der Waals surface area (Å²) >= 11 is 6.16. The van der Waals surface area contributed by atoms with Crippen molar-refractivity contribution in [2.24, 2.45) is 0 Å². The number of imidazole rings is 1. The van der Waals surface area contributed by atoms with Gasteiger partial charge in [-0.05, 0) is 30.7 Å². The van der Waals surface area contributed by atoms with E-state index < -0.39 is 4.92 Å². The van der Waals surface area contributed by atoms with Crippen molar-refractivity contribution in [1.82, 2.24) is 14.3 Å². The number of halogens is 1. The van der Waals surface area contributed by atoms with Crippen LogP contribution in [-0.2, 0) is 4.79 Å². The van der Waals surface area contributed by atoms with Gasteiger partial charge in [0, 0.05) is 31.5 Å². The van der Waals surface area contributed by atoms with Crippen LogP contribution in [-0.4, -0.2) is 32.2 Å². The van der Waals surface area contributed by atoms with Gasteiger partial charge in [0.15, 0.2) is 5.15 Å². The van der Waals surface area contributed by atoms with E-state index >= 15 is 0 Å². The molecular weight excluding hydrogens is 368 g/mol. The van der Waals surface area contributed by atoms with E-state index in [-0.39, 0.29) is 17.6 Å². The molecule has 0 aliphatic carbocycles.